The minimum atomic E-state index is -0.289. The summed E-state index contributed by atoms with van der Waals surface area (Å²) >= 11 is 0. The quantitative estimate of drug-likeness (QED) is 0.844. The summed E-state index contributed by atoms with van der Waals surface area (Å²) in [7, 11) is 0. The van der Waals surface area contributed by atoms with Gasteiger partial charge in [-0.15, -0.1) is 0 Å². The summed E-state index contributed by atoms with van der Waals surface area (Å²) in [5, 5.41) is 0. The van der Waals surface area contributed by atoms with Crippen molar-refractivity contribution in [3.05, 3.63) is 58.2 Å². The maximum Gasteiger partial charge on any atom is 0.256 e. The standard InChI is InChI=1S/C20H23FN2O2/c1-12-18(13(2)22-19(12)14(3)24)20(25)23-10-5-4-9-17(23)15-7-6-8-16(21)11-15/h6-8,11,17,22H,4-5,9-10H2,1-3H3. The Morgan fingerprint density at radius 2 is 2.00 bits per heavy atom. The summed E-state index contributed by atoms with van der Waals surface area (Å²) in [4.78, 5) is 29.9. The van der Waals surface area contributed by atoms with Crippen molar-refractivity contribution in [2.45, 2.75) is 46.1 Å². The van der Waals surface area contributed by atoms with Gasteiger partial charge < -0.3 is 9.88 Å². The van der Waals surface area contributed by atoms with Crippen molar-refractivity contribution >= 4 is 11.7 Å². The zero-order valence-electron chi connectivity index (χ0n) is 14.9. The largest absolute Gasteiger partial charge is 0.355 e. The summed E-state index contributed by atoms with van der Waals surface area (Å²) in [6.07, 6.45) is 2.76. The first kappa shape index (κ1) is 17.4. The van der Waals surface area contributed by atoms with Crippen LogP contribution in [0.5, 0.6) is 0 Å². The fourth-order valence-corrected chi connectivity index (χ4v) is 3.80. The van der Waals surface area contributed by atoms with E-state index in [0.29, 0.717) is 29.1 Å². The fourth-order valence-electron chi connectivity index (χ4n) is 3.80. The van der Waals surface area contributed by atoms with E-state index in [0.717, 1.165) is 24.8 Å². The first-order chi connectivity index (χ1) is 11.9. The lowest BCUT2D eigenvalue weighted by Gasteiger charge is -2.36. The number of amides is 1. The molecular weight excluding hydrogens is 319 g/mol. The SMILES string of the molecule is CC(=O)c1[nH]c(C)c(C(=O)N2CCCCC2c2cccc(F)c2)c1C. The Bertz CT molecular complexity index is 825. The molecule has 1 saturated heterocycles. The van der Waals surface area contributed by atoms with Crippen molar-refractivity contribution < 1.29 is 14.0 Å². The van der Waals surface area contributed by atoms with E-state index in [4.69, 9.17) is 0 Å². The summed E-state index contributed by atoms with van der Waals surface area (Å²) in [6, 6.07) is 6.35. The second-order valence-corrected chi connectivity index (χ2v) is 6.75. The van der Waals surface area contributed by atoms with Crippen molar-refractivity contribution in [3.8, 4) is 0 Å². The second-order valence-electron chi connectivity index (χ2n) is 6.75. The Labute approximate surface area is 147 Å². The van der Waals surface area contributed by atoms with E-state index in [9.17, 15) is 14.0 Å². The highest BCUT2D eigenvalue weighted by atomic mass is 19.1. The predicted molar refractivity (Wildman–Crippen MR) is 94.3 cm³/mol. The predicted octanol–water partition coefficient (Wildman–Crippen LogP) is 4.34. The Morgan fingerprint density at radius 1 is 1.24 bits per heavy atom. The van der Waals surface area contributed by atoms with Gasteiger partial charge in [-0.2, -0.15) is 0 Å². The molecule has 0 saturated carbocycles. The van der Waals surface area contributed by atoms with Crippen LogP contribution in [-0.4, -0.2) is 28.1 Å². The molecule has 0 bridgehead atoms. The highest BCUT2D eigenvalue weighted by molar-refractivity contribution is 6.02. The number of nitrogens with one attached hydrogen (secondary N) is 1. The highest BCUT2D eigenvalue weighted by Crippen LogP contribution is 2.33. The van der Waals surface area contributed by atoms with E-state index < -0.39 is 0 Å². The molecule has 4 nitrogen and oxygen atoms in total. The van der Waals surface area contributed by atoms with Gasteiger partial charge >= 0.3 is 0 Å². The van der Waals surface area contributed by atoms with Gasteiger partial charge in [0.15, 0.2) is 5.78 Å². The van der Waals surface area contributed by atoms with Crippen LogP contribution in [0.15, 0.2) is 24.3 Å². The van der Waals surface area contributed by atoms with Crippen molar-refractivity contribution in [1.29, 1.82) is 0 Å². The maximum atomic E-state index is 13.6. The van der Waals surface area contributed by atoms with Gasteiger partial charge in [0, 0.05) is 19.2 Å². The van der Waals surface area contributed by atoms with Gasteiger partial charge in [-0.25, -0.2) is 4.39 Å². The lowest BCUT2D eigenvalue weighted by molar-refractivity contribution is 0.0610. The maximum absolute atomic E-state index is 13.6. The van der Waals surface area contributed by atoms with E-state index >= 15 is 0 Å². The van der Waals surface area contributed by atoms with Crippen LogP contribution in [0.1, 0.15) is 69.9 Å². The normalized spacial score (nSPS) is 17.6. The molecule has 0 spiro atoms. The summed E-state index contributed by atoms with van der Waals surface area (Å²) in [6.45, 7) is 5.74. The Morgan fingerprint density at radius 3 is 2.64 bits per heavy atom. The molecule has 3 rings (SSSR count). The van der Waals surface area contributed by atoms with Crippen LogP contribution >= 0.6 is 0 Å². The fraction of sp³-hybridized carbons (Fsp3) is 0.400. The summed E-state index contributed by atoms with van der Waals surface area (Å²) < 4.78 is 13.6. The van der Waals surface area contributed by atoms with Crippen LogP contribution in [0.25, 0.3) is 0 Å². The van der Waals surface area contributed by atoms with Gasteiger partial charge in [0.05, 0.1) is 17.3 Å². The number of Topliss-reactive ketones (excluding diaryl/α,β-unsaturated/α-hetero) is 1. The number of likely N-dealkylation sites (tertiary alicyclic amines) is 1. The van der Waals surface area contributed by atoms with Gasteiger partial charge in [-0.3, -0.25) is 9.59 Å². The van der Waals surface area contributed by atoms with Gasteiger partial charge in [0.25, 0.3) is 5.91 Å². The van der Waals surface area contributed by atoms with Crippen LogP contribution in [0.3, 0.4) is 0 Å². The smallest absolute Gasteiger partial charge is 0.256 e. The summed E-state index contributed by atoms with van der Waals surface area (Å²) in [5.41, 5.74) is 3.27. The second kappa shape index (κ2) is 6.82. The third-order valence-electron chi connectivity index (χ3n) is 5.00. The number of benzene rings is 1. The lowest BCUT2D eigenvalue weighted by Crippen LogP contribution is -2.39. The minimum absolute atomic E-state index is 0.0834. The number of rotatable bonds is 3. The van der Waals surface area contributed by atoms with E-state index in [-0.39, 0.29) is 23.5 Å². The Hall–Kier alpha value is -2.43. The number of hydrogen-bond acceptors (Lipinski definition) is 2. The average Bonchev–Trinajstić information content (AvgIpc) is 2.89. The van der Waals surface area contributed by atoms with Gasteiger partial charge in [-0.05, 0) is 56.4 Å². The highest BCUT2D eigenvalue weighted by Gasteiger charge is 2.32. The molecule has 2 aromatic rings. The molecule has 1 amide bonds. The number of aromatic amines is 1. The topological polar surface area (TPSA) is 53.2 Å². The average molecular weight is 342 g/mol. The summed E-state index contributed by atoms with van der Waals surface area (Å²) in [5.74, 6) is -0.462. The first-order valence-corrected chi connectivity index (χ1v) is 8.66. The molecule has 0 aliphatic carbocycles. The van der Waals surface area contributed by atoms with Crippen LogP contribution in [0.4, 0.5) is 4.39 Å². The van der Waals surface area contributed by atoms with Crippen molar-refractivity contribution in [2.75, 3.05) is 6.54 Å². The number of aromatic nitrogens is 1. The monoisotopic (exact) mass is 342 g/mol. The van der Waals surface area contributed by atoms with Gasteiger partial charge in [0.1, 0.15) is 5.82 Å². The number of hydrogen-bond donors (Lipinski definition) is 1. The molecule has 0 radical (unpaired) electrons. The molecule has 1 aromatic heterocycles. The molecule has 1 atom stereocenters. The molecule has 25 heavy (non-hydrogen) atoms. The van der Waals surface area contributed by atoms with Crippen LogP contribution in [-0.2, 0) is 0 Å². The third kappa shape index (κ3) is 3.23. The van der Waals surface area contributed by atoms with Crippen LogP contribution in [0.2, 0.25) is 0 Å². The number of carbonyl (C=O) groups excluding carboxylic acids is 2. The van der Waals surface area contributed by atoms with E-state index in [1.807, 2.05) is 17.9 Å². The molecular formula is C20H23FN2O2. The minimum Gasteiger partial charge on any atom is -0.355 e. The molecule has 1 aliphatic rings. The number of ketones is 1. The number of halogens is 1. The van der Waals surface area contributed by atoms with Crippen molar-refractivity contribution in [3.63, 3.8) is 0 Å². The number of H-pyrrole nitrogens is 1. The van der Waals surface area contributed by atoms with E-state index in [1.54, 1.807) is 13.0 Å². The molecule has 2 heterocycles. The van der Waals surface area contributed by atoms with Gasteiger partial charge in [-0.1, -0.05) is 12.1 Å². The molecule has 1 N–H and O–H groups in total. The number of nitrogens with zero attached hydrogens (tertiary/aromatic N) is 1. The molecule has 132 valence electrons. The number of aryl methyl sites for hydroxylation is 1. The lowest BCUT2D eigenvalue weighted by atomic mass is 9.94. The van der Waals surface area contributed by atoms with Crippen LogP contribution < -0.4 is 0 Å². The molecule has 1 aliphatic heterocycles. The van der Waals surface area contributed by atoms with Crippen LogP contribution in [0, 0.1) is 19.7 Å². The van der Waals surface area contributed by atoms with E-state index in [1.165, 1.54) is 19.1 Å². The molecule has 1 unspecified atom stereocenters. The molecule has 1 aromatic carbocycles. The zero-order chi connectivity index (χ0) is 18.1. The molecule has 5 heteroatoms. The Balaban J connectivity index is 1.98. The number of piperidine rings is 1. The Kier molecular flexibility index (Phi) is 4.75. The first-order valence-electron chi connectivity index (χ1n) is 8.66. The third-order valence-corrected chi connectivity index (χ3v) is 5.00. The van der Waals surface area contributed by atoms with Gasteiger partial charge in [0.2, 0.25) is 0 Å². The molecule has 1 fully saturated rings. The zero-order valence-corrected chi connectivity index (χ0v) is 14.9. The van der Waals surface area contributed by atoms with Crippen molar-refractivity contribution in [1.82, 2.24) is 9.88 Å². The van der Waals surface area contributed by atoms with Crippen molar-refractivity contribution in [2.24, 2.45) is 0 Å². The van der Waals surface area contributed by atoms with E-state index in [2.05, 4.69) is 4.98 Å². The number of carbonyl (C=O) groups is 2.